The molecule has 2 fully saturated rings. The third-order valence-electron chi connectivity index (χ3n) is 11.1. The van der Waals surface area contributed by atoms with Gasteiger partial charge in [0.15, 0.2) is 17.0 Å². The zero-order valence-electron chi connectivity index (χ0n) is 31.5. The predicted molar refractivity (Wildman–Crippen MR) is 213 cm³/mol. The van der Waals surface area contributed by atoms with Crippen molar-refractivity contribution in [2.45, 2.75) is 62.2 Å². The second-order valence-corrected chi connectivity index (χ2v) is 14.9. The van der Waals surface area contributed by atoms with Gasteiger partial charge in [0.1, 0.15) is 35.2 Å². The van der Waals surface area contributed by atoms with Crippen LogP contribution in [0.15, 0.2) is 83.9 Å². The Morgan fingerprint density at radius 3 is 2.25 bits per heavy atom. The lowest BCUT2D eigenvalue weighted by Gasteiger charge is -2.22. The smallest absolute Gasteiger partial charge is 0.329 e. The second kappa shape index (κ2) is 16.2. The van der Waals surface area contributed by atoms with Crippen molar-refractivity contribution in [1.82, 2.24) is 39.7 Å². The van der Waals surface area contributed by atoms with E-state index in [-0.39, 0.29) is 60.4 Å². The van der Waals surface area contributed by atoms with E-state index in [0.29, 0.717) is 42.4 Å². The number of aliphatic hydroxyl groups excluding tert-OH is 3. The van der Waals surface area contributed by atoms with Gasteiger partial charge in [0.25, 0.3) is 0 Å². The van der Waals surface area contributed by atoms with Crippen LogP contribution in [-0.4, -0.2) is 109 Å². The van der Waals surface area contributed by atoms with E-state index in [4.69, 9.17) is 9.97 Å². The number of fused-ring (bicyclic) bond motifs is 1. The second-order valence-electron chi connectivity index (χ2n) is 14.9. The molecule has 1 unspecified atom stereocenters. The molecule has 11 N–H and O–H groups in total. The summed E-state index contributed by atoms with van der Waals surface area (Å²) in [6.07, 6.45) is -0.865. The first-order chi connectivity index (χ1) is 28.5. The molecule has 308 valence electrons. The van der Waals surface area contributed by atoms with Crippen molar-refractivity contribution < 1.29 is 40.5 Å². The maximum atomic E-state index is 12.9. The number of phenols is 3. The molecule has 6 aromatic rings. The number of nitrogens with one attached hydrogen (secondary N) is 4. The van der Waals surface area contributed by atoms with Gasteiger partial charge in [0.05, 0.1) is 25.0 Å². The van der Waals surface area contributed by atoms with E-state index in [1.165, 1.54) is 6.33 Å². The Balaban J connectivity index is 1.10. The van der Waals surface area contributed by atoms with Crippen LogP contribution in [0, 0.1) is 0 Å². The number of phenolic OH excluding ortho intramolecular Hbond substituents is 3. The molecule has 0 bridgehead atoms. The minimum absolute atomic E-state index is 0.0106. The summed E-state index contributed by atoms with van der Waals surface area (Å²) < 4.78 is 2.54. The number of hydrogen-bond acceptors (Lipinski definition) is 14. The van der Waals surface area contributed by atoms with Gasteiger partial charge < -0.3 is 66.1 Å². The first-order valence-corrected chi connectivity index (χ1v) is 19.1. The van der Waals surface area contributed by atoms with Gasteiger partial charge in [-0.2, -0.15) is 9.97 Å². The number of amides is 2. The molecule has 1 saturated heterocycles. The first kappa shape index (κ1) is 39.0. The van der Waals surface area contributed by atoms with Crippen molar-refractivity contribution in [3.8, 4) is 23.1 Å². The fourth-order valence-electron chi connectivity index (χ4n) is 8.02. The van der Waals surface area contributed by atoms with E-state index >= 15 is 0 Å². The summed E-state index contributed by atoms with van der Waals surface area (Å²) in [5, 5.41) is 82.0. The van der Waals surface area contributed by atoms with Crippen molar-refractivity contribution in [2.24, 2.45) is 0 Å². The zero-order chi connectivity index (χ0) is 41.4. The summed E-state index contributed by atoms with van der Waals surface area (Å²) in [6, 6.07) is 17.6. The number of aromatic amines is 1. The Kier molecular flexibility index (Phi) is 10.7. The largest absolute Gasteiger partial charge is 0.508 e. The molecule has 2 amide bonds. The molecule has 1 saturated carbocycles. The molecule has 0 radical (unpaired) electrons. The number of anilines is 2. The normalized spacial score (nSPS) is 20.4. The van der Waals surface area contributed by atoms with Crippen molar-refractivity contribution in [3.63, 3.8) is 0 Å². The third-order valence-corrected chi connectivity index (χ3v) is 11.1. The molecule has 4 heterocycles. The van der Waals surface area contributed by atoms with Crippen LogP contribution in [0.1, 0.15) is 53.2 Å². The van der Waals surface area contributed by atoms with Gasteiger partial charge in [-0.3, -0.25) is 4.57 Å². The van der Waals surface area contributed by atoms with Crippen LogP contribution in [-0.2, 0) is 13.2 Å². The van der Waals surface area contributed by atoms with Crippen LogP contribution < -0.4 is 26.5 Å². The van der Waals surface area contributed by atoms with E-state index in [1.807, 2.05) is 29.2 Å². The van der Waals surface area contributed by atoms with Gasteiger partial charge >= 0.3 is 11.7 Å². The van der Waals surface area contributed by atoms with E-state index in [1.54, 1.807) is 53.1 Å². The number of rotatable bonds is 12. The molecule has 0 spiro atoms. The molecule has 2 aliphatic rings. The molecule has 3 aromatic heterocycles. The van der Waals surface area contributed by atoms with Crippen LogP contribution in [0.3, 0.4) is 0 Å². The number of aromatic hydroxyl groups is 4. The van der Waals surface area contributed by atoms with Crippen LogP contribution in [0.4, 0.5) is 16.6 Å². The van der Waals surface area contributed by atoms with E-state index in [2.05, 4.69) is 25.9 Å². The van der Waals surface area contributed by atoms with Crippen molar-refractivity contribution in [2.75, 3.05) is 29.9 Å². The SMILES string of the molecule is O=C(NCc1cccc(O)c1)NC1CCN(c2nc(NCC(c3ccc(O)cc3)c3ccc(O)cc3)c3ncn([C@@H]4C[C@H](n5c(O)c(CO)[nH]c5=O)[C@@H](O)[C@H]4O)c3n2)C1. The highest BCUT2D eigenvalue weighted by Crippen LogP contribution is 2.42. The number of aliphatic hydroxyl groups is 3. The molecule has 3 aromatic carbocycles. The van der Waals surface area contributed by atoms with Gasteiger partial charge in [0.2, 0.25) is 11.8 Å². The fourth-order valence-corrected chi connectivity index (χ4v) is 8.02. The number of aromatic nitrogens is 6. The Morgan fingerprint density at radius 1 is 0.898 bits per heavy atom. The zero-order valence-corrected chi connectivity index (χ0v) is 31.5. The summed E-state index contributed by atoms with van der Waals surface area (Å²) in [4.78, 5) is 44.4. The fraction of sp³-hybridized carbons (Fsp3) is 0.325. The monoisotopic (exact) mass is 808 g/mol. The van der Waals surface area contributed by atoms with Crippen LogP contribution >= 0.6 is 0 Å². The molecular weight excluding hydrogens is 765 g/mol. The summed E-state index contributed by atoms with van der Waals surface area (Å²) >= 11 is 0. The number of urea groups is 1. The number of benzene rings is 3. The van der Waals surface area contributed by atoms with Crippen molar-refractivity contribution >= 4 is 29.0 Å². The lowest BCUT2D eigenvalue weighted by molar-refractivity contribution is 0.00758. The lowest BCUT2D eigenvalue weighted by atomic mass is 9.91. The Hall–Kier alpha value is -6.83. The molecule has 19 nitrogen and oxygen atoms in total. The Morgan fingerprint density at radius 2 is 1.59 bits per heavy atom. The summed E-state index contributed by atoms with van der Waals surface area (Å²) in [7, 11) is 0. The maximum Gasteiger partial charge on any atom is 0.329 e. The van der Waals surface area contributed by atoms with Crippen LogP contribution in [0.2, 0.25) is 0 Å². The summed E-state index contributed by atoms with van der Waals surface area (Å²) in [6.45, 7) is 0.705. The number of nitrogens with zero attached hydrogens (tertiary/aromatic N) is 6. The van der Waals surface area contributed by atoms with E-state index in [9.17, 15) is 45.3 Å². The standard InChI is InChI=1S/C40H44N10O9/c51-19-29-37(57)50(40(59)45-29)31-15-30(33(55)34(31)56)49-20-43-32-35(41-17-28(22-4-8-25(52)9-5-22)23-6-10-26(53)11-7-23)46-38(47-36(32)49)48-13-12-24(18-48)44-39(58)42-16-21-2-1-3-27(54)14-21/h1-11,14,20,24,28,30-31,33-34,51-57H,12-13,15-19H2,(H,45,59)(H,41,46,47)(H2,42,44,58)/t24?,30-,31+,33+,34-/m1/s1. The molecule has 1 aliphatic carbocycles. The van der Waals surface area contributed by atoms with Crippen LogP contribution in [0.5, 0.6) is 23.1 Å². The Labute approximate surface area is 335 Å². The van der Waals surface area contributed by atoms with Gasteiger partial charge in [-0.15, -0.1) is 0 Å². The minimum Gasteiger partial charge on any atom is -0.508 e. The maximum absolute atomic E-state index is 12.9. The van der Waals surface area contributed by atoms with Gasteiger partial charge in [-0.05, 0) is 65.9 Å². The Bertz CT molecular complexity index is 2460. The molecular formula is C40H44N10O9. The number of hydrogen-bond donors (Lipinski definition) is 11. The third kappa shape index (κ3) is 7.90. The first-order valence-electron chi connectivity index (χ1n) is 19.1. The molecule has 5 atom stereocenters. The predicted octanol–water partition coefficient (Wildman–Crippen LogP) is 1.86. The number of imidazole rings is 2. The van der Waals surface area contributed by atoms with E-state index in [0.717, 1.165) is 21.3 Å². The summed E-state index contributed by atoms with van der Waals surface area (Å²) in [5.41, 5.74) is 2.26. The molecule has 1 aliphatic heterocycles. The highest BCUT2D eigenvalue weighted by molar-refractivity contribution is 5.84. The van der Waals surface area contributed by atoms with Crippen molar-refractivity contribution in [1.29, 1.82) is 0 Å². The van der Waals surface area contributed by atoms with Gasteiger partial charge in [-0.25, -0.2) is 14.6 Å². The van der Waals surface area contributed by atoms with Gasteiger partial charge in [0, 0.05) is 38.1 Å². The number of carbonyl (C=O) groups is 1. The number of carbonyl (C=O) groups excluding carboxylic acids is 1. The molecule has 8 rings (SSSR count). The average molecular weight is 809 g/mol. The topological polar surface area (TPSA) is 279 Å². The molecule has 59 heavy (non-hydrogen) atoms. The number of H-pyrrole nitrogens is 1. The van der Waals surface area contributed by atoms with Crippen molar-refractivity contribution in [3.05, 3.63) is 112 Å². The molecule has 19 heteroatoms. The minimum atomic E-state index is -1.48. The van der Waals surface area contributed by atoms with Crippen LogP contribution in [0.25, 0.3) is 11.2 Å². The van der Waals surface area contributed by atoms with E-state index < -0.39 is 42.5 Å². The quantitative estimate of drug-likeness (QED) is 0.0843. The highest BCUT2D eigenvalue weighted by Gasteiger charge is 2.46. The lowest BCUT2D eigenvalue weighted by Crippen LogP contribution is -2.43. The summed E-state index contributed by atoms with van der Waals surface area (Å²) in [5.74, 6) is 0.149. The average Bonchev–Trinajstić information content (AvgIpc) is 4.00. The van der Waals surface area contributed by atoms with Gasteiger partial charge in [-0.1, -0.05) is 36.4 Å². The highest BCUT2D eigenvalue weighted by atomic mass is 16.3.